The van der Waals surface area contributed by atoms with Crippen LogP contribution in [0.15, 0.2) is 58.4 Å². The molecule has 0 aromatic heterocycles. The van der Waals surface area contributed by atoms with Crippen LogP contribution in [0.25, 0.3) is 0 Å². The summed E-state index contributed by atoms with van der Waals surface area (Å²) < 4.78 is 22.5. The number of ketones is 2. The minimum atomic E-state index is -3.82. The molecule has 24 heavy (non-hydrogen) atoms. The van der Waals surface area contributed by atoms with Gasteiger partial charge in [0.15, 0.2) is 5.78 Å². The molecule has 0 heterocycles. The first-order valence-electron chi connectivity index (χ1n) is 6.82. The van der Waals surface area contributed by atoms with Crippen LogP contribution in [0.4, 0.5) is 5.69 Å². The lowest BCUT2D eigenvalue weighted by atomic mass is 9.88. The molecular weight excluding hydrogens is 352 g/mol. The van der Waals surface area contributed by atoms with Gasteiger partial charge in [0.1, 0.15) is 11.1 Å². The average molecular weight is 363 g/mol. The Labute approximate surface area is 143 Å². The topological polar surface area (TPSA) is 107 Å². The first-order valence-corrected chi connectivity index (χ1v) is 8.81. The third-order valence-corrected chi connectivity index (χ3v) is 4.89. The molecule has 0 radical (unpaired) electrons. The number of carbonyl (C=O) groups is 2. The van der Waals surface area contributed by atoms with Gasteiger partial charge in [0.25, 0.3) is 0 Å². The standard InChI is InChI=1S/C16H11ClN2O4S/c17-13-14(16(21)12-4-2-1-3-11(12)15(13)20)19-9-5-7-10(8-6-9)24(18,22)23/h1-8,13H,(H2,18,22,23). The molecule has 0 fully saturated rings. The Bertz CT molecular complexity index is 981. The van der Waals surface area contributed by atoms with Crippen molar-refractivity contribution in [2.75, 3.05) is 0 Å². The summed E-state index contributed by atoms with van der Waals surface area (Å²) >= 11 is 6.09. The monoisotopic (exact) mass is 362 g/mol. The van der Waals surface area contributed by atoms with Crippen LogP contribution < -0.4 is 5.14 Å². The number of nitrogens with two attached hydrogens (primary N) is 1. The van der Waals surface area contributed by atoms with E-state index in [1.807, 2.05) is 0 Å². The summed E-state index contributed by atoms with van der Waals surface area (Å²) in [5.41, 5.74) is 0.720. The number of alkyl halides is 1. The van der Waals surface area contributed by atoms with Gasteiger partial charge in [-0.1, -0.05) is 24.3 Å². The zero-order valence-corrected chi connectivity index (χ0v) is 13.7. The molecule has 1 atom stereocenters. The van der Waals surface area contributed by atoms with E-state index in [0.717, 1.165) is 0 Å². The molecule has 122 valence electrons. The minimum Gasteiger partial charge on any atom is -0.292 e. The maximum absolute atomic E-state index is 12.5. The predicted octanol–water partition coefficient (Wildman–Crippen LogP) is 2.09. The second kappa shape index (κ2) is 5.94. The highest BCUT2D eigenvalue weighted by Crippen LogP contribution is 2.26. The molecule has 0 bridgehead atoms. The summed E-state index contributed by atoms with van der Waals surface area (Å²) in [7, 11) is -3.82. The molecule has 2 aromatic carbocycles. The Morgan fingerprint density at radius 3 is 2.12 bits per heavy atom. The van der Waals surface area contributed by atoms with E-state index < -0.39 is 27.0 Å². The summed E-state index contributed by atoms with van der Waals surface area (Å²) in [6.07, 6.45) is 0. The van der Waals surface area contributed by atoms with Gasteiger partial charge in [-0.3, -0.25) is 9.59 Å². The molecule has 1 unspecified atom stereocenters. The van der Waals surface area contributed by atoms with E-state index in [-0.39, 0.29) is 21.7 Å². The first kappa shape index (κ1) is 16.5. The van der Waals surface area contributed by atoms with Gasteiger partial charge in [-0.15, -0.1) is 11.6 Å². The molecule has 0 saturated carbocycles. The van der Waals surface area contributed by atoms with E-state index in [0.29, 0.717) is 5.69 Å². The number of sulfonamides is 1. The number of benzene rings is 2. The molecule has 6 nitrogen and oxygen atoms in total. The van der Waals surface area contributed by atoms with Gasteiger partial charge < -0.3 is 0 Å². The number of primary sulfonamides is 1. The van der Waals surface area contributed by atoms with Crippen molar-refractivity contribution in [3.05, 3.63) is 59.7 Å². The van der Waals surface area contributed by atoms with Crippen LogP contribution in [-0.2, 0) is 10.0 Å². The minimum absolute atomic E-state index is 0.0785. The summed E-state index contributed by atoms with van der Waals surface area (Å²) in [6.45, 7) is 0. The van der Waals surface area contributed by atoms with Gasteiger partial charge in [0, 0.05) is 11.1 Å². The van der Waals surface area contributed by atoms with E-state index in [1.165, 1.54) is 30.3 Å². The van der Waals surface area contributed by atoms with Gasteiger partial charge in [-0.05, 0) is 24.3 Å². The smallest absolute Gasteiger partial charge is 0.238 e. The van der Waals surface area contributed by atoms with E-state index in [2.05, 4.69) is 4.99 Å². The summed E-state index contributed by atoms with van der Waals surface area (Å²) in [5, 5.41) is 3.83. The molecular formula is C16H11ClN2O4S. The van der Waals surface area contributed by atoms with Crippen molar-refractivity contribution in [3.8, 4) is 0 Å². The Morgan fingerprint density at radius 2 is 1.54 bits per heavy atom. The SMILES string of the molecule is NS(=O)(=O)c1ccc(N=C2C(=O)c3ccccc3C(=O)C2Cl)cc1. The first-order chi connectivity index (χ1) is 11.3. The number of nitrogens with zero attached hydrogens (tertiary/aromatic N) is 1. The maximum Gasteiger partial charge on any atom is 0.238 e. The largest absolute Gasteiger partial charge is 0.292 e. The van der Waals surface area contributed by atoms with Crippen molar-refractivity contribution in [1.29, 1.82) is 0 Å². The lowest BCUT2D eigenvalue weighted by Crippen LogP contribution is -2.37. The molecule has 8 heteroatoms. The van der Waals surface area contributed by atoms with Gasteiger partial charge in [0.05, 0.1) is 10.6 Å². The number of hydrogen-bond donors (Lipinski definition) is 1. The van der Waals surface area contributed by atoms with Gasteiger partial charge in [-0.25, -0.2) is 18.5 Å². The number of hydrogen-bond acceptors (Lipinski definition) is 5. The van der Waals surface area contributed by atoms with Crippen LogP contribution in [0.3, 0.4) is 0 Å². The fourth-order valence-electron chi connectivity index (χ4n) is 2.37. The molecule has 0 aliphatic heterocycles. The third kappa shape index (κ3) is 2.89. The Hall–Kier alpha value is -2.35. The van der Waals surface area contributed by atoms with E-state index >= 15 is 0 Å². The molecule has 1 aliphatic rings. The highest BCUT2D eigenvalue weighted by atomic mass is 35.5. The van der Waals surface area contributed by atoms with Gasteiger partial charge >= 0.3 is 0 Å². The molecule has 3 rings (SSSR count). The van der Waals surface area contributed by atoms with Crippen LogP contribution >= 0.6 is 11.6 Å². The molecule has 1 aliphatic carbocycles. The van der Waals surface area contributed by atoms with Crippen LogP contribution in [-0.4, -0.2) is 31.1 Å². The zero-order valence-electron chi connectivity index (χ0n) is 12.1. The van der Waals surface area contributed by atoms with Crippen molar-refractivity contribution >= 4 is 44.6 Å². The second-order valence-corrected chi connectivity index (χ2v) is 7.14. The van der Waals surface area contributed by atoms with Crippen molar-refractivity contribution in [2.45, 2.75) is 10.3 Å². The number of aliphatic imine (C=N–C) groups is 1. The molecule has 0 spiro atoms. The number of Topliss-reactive ketones (excluding diaryl/α,β-unsaturated/α-hetero) is 2. The molecule has 0 amide bonds. The van der Waals surface area contributed by atoms with Crippen molar-refractivity contribution in [1.82, 2.24) is 0 Å². The second-order valence-electron chi connectivity index (χ2n) is 5.14. The summed E-state index contributed by atoms with van der Waals surface area (Å²) in [6, 6.07) is 11.7. The molecule has 2 N–H and O–H groups in total. The Kier molecular flexibility index (Phi) is 4.08. The van der Waals surface area contributed by atoms with Gasteiger partial charge in [-0.2, -0.15) is 0 Å². The number of carbonyl (C=O) groups excluding carboxylic acids is 2. The van der Waals surface area contributed by atoms with Crippen LogP contribution in [0.5, 0.6) is 0 Å². The lowest BCUT2D eigenvalue weighted by Gasteiger charge is -2.19. The Balaban J connectivity index is 2.04. The average Bonchev–Trinajstić information content (AvgIpc) is 2.56. The normalized spacial score (nSPS) is 19.4. The lowest BCUT2D eigenvalue weighted by molar-refractivity contribution is 0.0968. The summed E-state index contributed by atoms with van der Waals surface area (Å²) in [4.78, 5) is 28.9. The highest BCUT2D eigenvalue weighted by Gasteiger charge is 2.37. The number of fused-ring (bicyclic) bond motifs is 1. The Morgan fingerprint density at radius 1 is 0.958 bits per heavy atom. The summed E-state index contributed by atoms with van der Waals surface area (Å²) in [5.74, 6) is -0.826. The number of halogens is 1. The highest BCUT2D eigenvalue weighted by molar-refractivity contribution is 7.89. The van der Waals surface area contributed by atoms with Crippen LogP contribution in [0.2, 0.25) is 0 Å². The predicted molar refractivity (Wildman–Crippen MR) is 89.7 cm³/mol. The maximum atomic E-state index is 12.5. The van der Waals surface area contributed by atoms with Crippen molar-refractivity contribution in [2.24, 2.45) is 10.1 Å². The van der Waals surface area contributed by atoms with Crippen molar-refractivity contribution in [3.63, 3.8) is 0 Å². The van der Waals surface area contributed by atoms with Crippen LogP contribution in [0.1, 0.15) is 20.7 Å². The fourth-order valence-corrected chi connectivity index (χ4v) is 3.15. The van der Waals surface area contributed by atoms with E-state index in [9.17, 15) is 18.0 Å². The fraction of sp³-hybridized carbons (Fsp3) is 0.0625. The number of rotatable bonds is 2. The van der Waals surface area contributed by atoms with Crippen LogP contribution in [0, 0.1) is 0 Å². The third-order valence-electron chi connectivity index (χ3n) is 3.55. The van der Waals surface area contributed by atoms with E-state index in [4.69, 9.17) is 16.7 Å². The zero-order chi connectivity index (χ0) is 17.5. The van der Waals surface area contributed by atoms with Gasteiger partial charge in [0.2, 0.25) is 15.8 Å². The van der Waals surface area contributed by atoms with E-state index in [1.54, 1.807) is 18.2 Å². The van der Waals surface area contributed by atoms with Crippen molar-refractivity contribution < 1.29 is 18.0 Å². The molecule has 2 aromatic rings. The quantitative estimate of drug-likeness (QED) is 0.825. The molecule has 0 saturated heterocycles.